The van der Waals surface area contributed by atoms with Crippen LogP contribution in [0.2, 0.25) is 0 Å². The number of hydrogen-bond acceptors (Lipinski definition) is 3. The highest BCUT2D eigenvalue weighted by Crippen LogP contribution is 2.40. The lowest BCUT2D eigenvalue weighted by Gasteiger charge is -2.13. The molecule has 0 radical (unpaired) electrons. The number of para-hydroxylation sites is 2. The SMILES string of the molecule is c1ccc(-c2cccc(-n3c4ccc(-n5cccc5)cc4c4cc(-n5cccc5)c(-c5nc6ccccc6o5)cc43)c2)nc1. The van der Waals surface area contributed by atoms with E-state index < -0.39 is 0 Å². The average molecular weight is 568 g/mol. The van der Waals surface area contributed by atoms with E-state index >= 15 is 0 Å². The average Bonchev–Trinajstić information content (AvgIpc) is 3.90. The van der Waals surface area contributed by atoms with Crippen LogP contribution < -0.4 is 0 Å². The van der Waals surface area contributed by atoms with Crippen molar-refractivity contribution in [3.63, 3.8) is 0 Å². The van der Waals surface area contributed by atoms with Crippen molar-refractivity contribution in [1.82, 2.24) is 23.7 Å². The summed E-state index contributed by atoms with van der Waals surface area (Å²) in [5.41, 5.74) is 9.85. The molecule has 0 aliphatic rings. The first-order valence-electron chi connectivity index (χ1n) is 14.6. The normalized spacial score (nSPS) is 11.6. The summed E-state index contributed by atoms with van der Waals surface area (Å²) >= 11 is 0. The number of nitrogens with zero attached hydrogens (tertiary/aromatic N) is 5. The predicted molar refractivity (Wildman–Crippen MR) is 176 cm³/mol. The van der Waals surface area contributed by atoms with Crippen LogP contribution in [-0.2, 0) is 0 Å². The maximum Gasteiger partial charge on any atom is 0.229 e. The van der Waals surface area contributed by atoms with E-state index in [0.717, 1.165) is 66.8 Å². The van der Waals surface area contributed by atoms with Crippen LogP contribution in [0.5, 0.6) is 0 Å². The van der Waals surface area contributed by atoms with Crippen molar-refractivity contribution in [3.8, 4) is 39.8 Å². The number of pyridine rings is 1. The van der Waals surface area contributed by atoms with Crippen LogP contribution in [0.15, 0.2) is 157 Å². The molecule has 0 unspecified atom stereocenters. The van der Waals surface area contributed by atoms with Gasteiger partial charge in [0.2, 0.25) is 5.89 Å². The van der Waals surface area contributed by atoms with Crippen molar-refractivity contribution >= 4 is 32.9 Å². The van der Waals surface area contributed by atoms with Gasteiger partial charge >= 0.3 is 0 Å². The molecule has 0 amide bonds. The third-order valence-electron chi connectivity index (χ3n) is 8.24. The quantitative estimate of drug-likeness (QED) is 0.208. The van der Waals surface area contributed by atoms with E-state index in [2.05, 4.69) is 98.1 Å². The first kappa shape index (κ1) is 24.5. The van der Waals surface area contributed by atoms with Gasteiger partial charge in [-0.05, 0) is 91.0 Å². The number of benzene rings is 4. The van der Waals surface area contributed by atoms with Crippen LogP contribution in [0.4, 0.5) is 0 Å². The fraction of sp³-hybridized carbons (Fsp3) is 0. The van der Waals surface area contributed by atoms with Gasteiger partial charge in [0.25, 0.3) is 0 Å². The molecule has 44 heavy (non-hydrogen) atoms. The van der Waals surface area contributed by atoms with Crippen molar-refractivity contribution < 1.29 is 4.42 Å². The van der Waals surface area contributed by atoms with Gasteiger partial charge in [-0.2, -0.15) is 0 Å². The van der Waals surface area contributed by atoms with Gasteiger partial charge in [-0.25, -0.2) is 4.98 Å². The molecule has 5 aromatic heterocycles. The van der Waals surface area contributed by atoms with Crippen molar-refractivity contribution in [3.05, 3.63) is 152 Å². The topological polar surface area (TPSA) is 53.7 Å². The molecule has 9 rings (SSSR count). The highest BCUT2D eigenvalue weighted by Gasteiger charge is 2.21. The van der Waals surface area contributed by atoms with Crippen molar-refractivity contribution in [2.45, 2.75) is 0 Å². The summed E-state index contributed by atoms with van der Waals surface area (Å²) in [6.45, 7) is 0. The molecule has 0 saturated heterocycles. The maximum absolute atomic E-state index is 6.36. The Morgan fingerprint density at radius 1 is 0.568 bits per heavy atom. The molecule has 208 valence electrons. The Morgan fingerprint density at radius 2 is 1.36 bits per heavy atom. The zero-order chi connectivity index (χ0) is 29.0. The summed E-state index contributed by atoms with van der Waals surface area (Å²) in [4.78, 5) is 9.53. The largest absolute Gasteiger partial charge is 0.436 e. The van der Waals surface area contributed by atoms with E-state index in [0.29, 0.717) is 5.89 Å². The summed E-state index contributed by atoms with van der Waals surface area (Å²) < 4.78 is 13.0. The van der Waals surface area contributed by atoms with Crippen LogP contribution in [0.25, 0.3) is 72.7 Å². The van der Waals surface area contributed by atoms with Gasteiger partial charge in [-0.15, -0.1) is 0 Å². The maximum atomic E-state index is 6.36. The summed E-state index contributed by atoms with van der Waals surface area (Å²) in [5.74, 6) is 0.587. The number of rotatable bonds is 5. The minimum absolute atomic E-state index is 0.587. The Balaban J connectivity index is 1.37. The third-order valence-corrected chi connectivity index (χ3v) is 8.24. The lowest BCUT2D eigenvalue weighted by Crippen LogP contribution is -1.98. The molecule has 0 N–H and O–H groups in total. The van der Waals surface area contributed by atoms with Crippen molar-refractivity contribution in [1.29, 1.82) is 0 Å². The lowest BCUT2D eigenvalue weighted by molar-refractivity contribution is 0.619. The molecule has 6 heteroatoms. The van der Waals surface area contributed by atoms with Crippen LogP contribution >= 0.6 is 0 Å². The van der Waals surface area contributed by atoms with Gasteiger partial charge in [0.1, 0.15) is 5.52 Å². The molecule has 5 heterocycles. The molecule has 0 fully saturated rings. The summed E-state index contributed by atoms with van der Waals surface area (Å²) in [6, 6.07) is 41.8. The molecule has 0 aliphatic heterocycles. The molecule has 0 bridgehead atoms. The molecular weight excluding hydrogens is 542 g/mol. The van der Waals surface area contributed by atoms with E-state index in [1.807, 2.05) is 72.9 Å². The van der Waals surface area contributed by atoms with Crippen molar-refractivity contribution in [2.24, 2.45) is 0 Å². The molecule has 0 atom stereocenters. The molecule has 6 nitrogen and oxygen atoms in total. The van der Waals surface area contributed by atoms with E-state index in [1.165, 1.54) is 0 Å². The highest BCUT2D eigenvalue weighted by atomic mass is 16.3. The Morgan fingerprint density at radius 3 is 2.18 bits per heavy atom. The van der Waals surface area contributed by atoms with Crippen LogP contribution in [0.1, 0.15) is 0 Å². The smallest absolute Gasteiger partial charge is 0.229 e. The summed E-state index contributed by atoms with van der Waals surface area (Å²) in [6.07, 6.45) is 10.1. The van der Waals surface area contributed by atoms with Gasteiger partial charge in [0, 0.05) is 58.7 Å². The second-order valence-electron chi connectivity index (χ2n) is 10.9. The summed E-state index contributed by atoms with van der Waals surface area (Å²) in [7, 11) is 0. The Labute approximate surface area is 252 Å². The van der Waals surface area contributed by atoms with Crippen LogP contribution in [-0.4, -0.2) is 23.7 Å². The van der Waals surface area contributed by atoms with E-state index in [1.54, 1.807) is 0 Å². The number of fused-ring (bicyclic) bond motifs is 4. The Kier molecular flexibility index (Phi) is 5.40. The fourth-order valence-electron chi connectivity index (χ4n) is 6.19. The minimum Gasteiger partial charge on any atom is -0.436 e. The monoisotopic (exact) mass is 567 g/mol. The van der Waals surface area contributed by atoms with E-state index in [-0.39, 0.29) is 0 Å². The summed E-state index contributed by atoms with van der Waals surface area (Å²) in [5, 5.41) is 2.30. The number of aromatic nitrogens is 5. The lowest BCUT2D eigenvalue weighted by atomic mass is 10.1. The third kappa shape index (κ3) is 3.89. The first-order chi connectivity index (χ1) is 21.8. The Hall–Kier alpha value is -6.14. The van der Waals surface area contributed by atoms with Gasteiger partial charge in [-0.3, -0.25) is 4.98 Å². The molecular formula is C38H25N5O. The molecule has 4 aromatic carbocycles. The van der Waals surface area contributed by atoms with Crippen LogP contribution in [0.3, 0.4) is 0 Å². The zero-order valence-electron chi connectivity index (χ0n) is 23.6. The highest BCUT2D eigenvalue weighted by molar-refractivity contribution is 6.12. The van der Waals surface area contributed by atoms with Crippen LogP contribution in [0, 0.1) is 0 Å². The van der Waals surface area contributed by atoms with Gasteiger partial charge in [0.05, 0.1) is 28.0 Å². The van der Waals surface area contributed by atoms with E-state index in [4.69, 9.17) is 9.40 Å². The molecule has 9 aromatic rings. The zero-order valence-corrected chi connectivity index (χ0v) is 23.6. The number of oxazole rings is 1. The molecule has 0 aliphatic carbocycles. The predicted octanol–water partition coefficient (Wildman–Crippen LogP) is 9.24. The fourth-order valence-corrected chi connectivity index (χ4v) is 6.19. The van der Waals surface area contributed by atoms with Gasteiger partial charge in [-0.1, -0.05) is 30.3 Å². The minimum atomic E-state index is 0.587. The standard InChI is InChI=1S/C38H25N5O/c1-2-14-37-33(13-1)40-38(44-37)31-25-36-30(24-35(31)42-20-7-8-21-42)29-23-27(41-18-5-6-19-41)15-16-34(29)43(36)28-11-9-10-26(22-28)32-12-3-4-17-39-32/h1-25H. The molecule has 0 saturated carbocycles. The van der Waals surface area contributed by atoms with Crippen molar-refractivity contribution in [2.75, 3.05) is 0 Å². The Bertz CT molecular complexity index is 2400. The second-order valence-corrected chi connectivity index (χ2v) is 10.9. The first-order valence-corrected chi connectivity index (χ1v) is 14.6. The second kappa shape index (κ2) is 9.71. The molecule has 0 spiro atoms. The number of hydrogen-bond donors (Lipinski definition) is 0. The van der Waals surface area contributed by atoms with Gasteiger partial charge < -0.3 is 18.1 Å². The van der Waals surface area contributed by atoms with Gasteiger partial charge in [0.15, 0.2) is 5.58 Å². The van der Waals surface area contributed by atoms with E-state index in [9.17, 15) is 0 Å².